The fourth-order valence-corrected chi connectivity index (χ4v) is 3.20. The van der Waals surface area contributed by atoms with Crippen LogP contribution < -0.4 is 0 Å². The van der Waals surface area contributed by atoms with E-state index in [1.54, 1.807) is 0 Å². The monoisotopic (exact) mass is 506 g/mol. The molecule has 0 spiro atoms. The second kappa shape index (κ2) is 9.79. The number of hydrogen-bond donors (Lipinski definition) is 0. The molecule has 0 aliphatic carbocycles. The number of hydrogen-bond acceptors (Lipinski definition) is 1. The number of carbonyl (C=O) groups excluding carboxylic acids is 1. The normalized spacial score (nSPS) is 13.9. The molecule has 0 aromatic heterocycles. The van der Waals surface area contributed by atoms with E-state index in [1.807, 2.05) is 0 Å². The summed E-state index contributed by atoms with van der Waals surface area (Å²) in [4.78, 5) is 11.8. The number of benzene rings is 2. The second-order valence-corrected chi connectivity index (χ2v) is 7.64. The highest BCUT2D eigenvalue weighted by molar-refractivity contribution is 6.48. The molecule has 0 saturated carbocycles. The van der Waals surface area contributed by atoms with E-state index in [4.69, 9.17) is 34.8 Å². The first-order valence-corrected chi connectivity index (χ1v) is 9.61. The van der Waals surface area contributed by atoms with Crippen LogP contribution in [0.1, 0.15) is 40.2 Å². The SMILES string of the molecule is O=C(CCC(F)(F)F)c1ccc(/C(F)=C/C(c2cc(Cl)c(Cl)c(Cl)c2)C(F)(F)F)cc1. The molecule has 0 saturated heterocycles. The van der Waals surface area contributed by atoms with E-state index in [0.717, 1.165) is 36.4 Å². The molecule has 0 radical (unpaired) electrons. The summed E-state index contributed by atoms with van der Waals surface area (Å²) >= 11 is 17.3. The first kappa shape index (κ1) is 25.5. The quantitative estimate of drug-likeness (QED) is 0.217. The lowest BCUT2D eigenvalue weighted by Crippen LogP contribution is -2.19. The van der Waals surface area contributed by atoms with Gasteiger partial charge in [0.2, 0.25) is 0 Å². The van der Waals surface area contributed by atoms with Crippen molar-refractivity contribution in [1.82, 2.24) is 0 Å². The minimum Gasteiger partial charge on any atom is -0.294 e. The molecular weight excluding hydrogens is 496 g/mol. The maximum atomic E-state index is 14.6. The molecule has 2 aromatic rings. The van der Waals surface area contributed by atoms with Gasteiger partial charge >= 0.3 is 12.4 Å². The maximum Gasteiger partial charge on any atom is 0.399 e. The highest BCUT2D eigenvalue weighted by atomic mass is 35.5. The molecule has 0 fully saturated rings. The van der Waals surface area contributed by atoms with Gasteiger partial charge in [0.05, 0.1) is 21.5 Å². The van der Waals surface area contributed by atoms with Crippen LogP contribution >= 0.6 is 34.8 Å². The topological polar surface area (TPSA) is 17.1 Å². The minimum atomic E-state index is -4.90. The highest BCUT2D eigenvalue weighted by Gasteiger charge is 2.40. The Morgan fingerprint density at radius 1 is 0.903 bits per heavy atom. The van der Waals surface area contributed by atoms with Gasteiger partial charge in [0, 0.05) is 17.5 Å². The average Bonchev–Trinajstić information content (AvgIpc) is 2.66. The van der Waals surface area contributed by atoms with Crippen molar-refractivity contribution in [3.05, 3.63) is 74.2 Å². The summed E-state index contributed by atoms with van der Waals surface area (Å²) in [6.45, 7) is 0. The van der Waals surface area contributed by atoms with E-state index in [9.17, 15) is 35.5 Å². The summed E-state index contributed by atoms with van der Waals surface area (Å²) in [6, 6.07) is 5.92. The lowest BCUT2D eigenvalue weighted by Gasteiger charge is -2.19. The fraction of sp³-hybridized carbons (Fsp3) is 0.250. The van der Waals surface area contributed by atoms with Gasteiger partial charge in [-0.2, -0.15) is 26.3 Å². The molecule has 1 nitrogen and oxygen atoms in total. The van der Waals surface area contributed by atoms with Crippen molar-refractivity contribution in [2.75, 3.05) is 0 Å². The van der Waals surface area contributed by atoms with Crippen LogP contribution in [0.15, 0.2) is 42.5 Å². The van der Waals surface area contributed by atoms with Crippen LogP contribution in [0.2, 0.25) is 15.1 Å². The summed E-state index contributed by atoms with van der Waals surface area (Å²) in [6.07, 6.45) is -11.2. The van der Waals surface area contributed by atoms with E-state index in [2.05, 4.69) is 0 Å². The summed E-state index contributed by atoms with van der Waals surface area (Å²) in [7, 11) is 0. The molecule has 0 N–H and O–H groups in total. The van der Waals surface area contributed by atoms with Gasteiger partial charge in [0.1, 0.15) is 11.7 Å². The van der Waals surface area contributed by atoms with Gasteiger partial charge in [-0.25, -0.2) is 4.39 Å². The summed E-state index contributed by atoms with van der Waals surface area (Å²) in [5, 5.41) is -0.633. The third-order valence-electron chi connectivity index (χ3n) is 4.15. The third kappa shape index (κ3) is 7.12. The van der Waals surface area contributed by atoms with Gasteiger partial charge in [0.25, 0.3) is 0 Å². The van der Waals surface area contributed by atoms with Crippen molar-refractivity contribution < 1.29 is 35.5 Å². The Hall–Kier alpha value is -1.77. The highest BCUT2D eigenvalue weighted by Crippen LogP contribution is 2.42. The smallest absolute Gasteiger partial charge is 0.294 e. The number of halogens is 10. The van der Waals surface area contributed by atoms with Crippen molar-refractivity contribution in [3.8, 4) is 0 Å². The summed E-state index contributed by atoms with van der Waals surface area (Å²) in [5.41, 5.74) is -0.863. The van der Waals surface area contributed by atoms with Gasteiger partial charge < -0.3 is 0 Å². The van der Waals surface area contributed by atoms with Crippen molar-refractivity contribution in [2.45, 2.75) is 31.1 Å². The molecule has 168 valence electrons. The van der Waals surface area contributed by atoms with Crippen LogP contribution in [0.4, 0.5) is 30.7 Å². The molecule has 0 aliphatic heterocycles. The van der Waals surface area contributed by atoms with E-state index in [0.29, 0.717) is 6.08 Å². The number of alkyl halides is 6. The summed E-state index contributed by atoms with van der Waals surface area (Å²) in [5.74, 6) is -4.50. The molecule has 2 aromatic carbocycles. The van der Waals surface area contributed by atoms with Gasteiger partial charge in [-0.1, -0.05) is 59.1 Å². The predicted octanol–water partition coefficient (Wildman–Crippen LogP) is 8.83. The minimum absolute atomic E-state index is 0.121. The van der Waals surface area contributed by atoms with Gasteiger partial charge in [-0.3, -0.25) is 4.79 Å². The van der Waals surface area contributed by atoms with Crippen LogP contribution in [0, 0.1) is 0 Å². The number of carbonyl (C=O) groups is 1. The van der Waals surface area contributed by atoms with Crippen molar-refractivity contribution in [1.29, 1.82) is 0 Å². The van der Waals surface area contributed by atoms with E-state index in [1.165, 1.54) is 0 Å². The zero-order chi connectivity index (χ0) is 23.6. The number of rotatable bonds is 6. The van der Waals surface area contributed by atoms with Gasteiger partial charge in [0.15, 0.2) is 5.78 Å². The van der Waals surface area contributed by atoms with Crippen LogP contribution in [-0.2, 0) is 0 Å². The average molecular weight is 508 g/mol. The number of ketones is 1. The zero-order valence-electron chi connectivity index (χ0n) is 15.2. The van der Waals surface area contributed by atoms with Gasteiger partial charge in [-0.15, -0.1) is 0 Å². The lowest BCUT2D eigenvalue weighted by atomic mass is 9.96. The van der Waals surface area contributed by atoms with E-state index < -0.39 is 48.3 Å². The lowest BCUT2D eigenvalue weighted by molar-refractivity contribution is -0.139. The standard InChI is InChI=1S/C20H12Cl3F7O/c21-14-7-12(8-15(22)18(14)23)13(20(28,29)30)9-16(24)10-1-3-11(4-2-10)17(31)5-6-19(25,26)27/h1-4,7-9,13H,5-6H2/b16-9-. The second-order valence-electron chi connectivity index (χ2n) is 6.45. The number of Topliss-reactive ketones (excluding diaryl/α,β-unsaturated/α-hetero) is 1. The third-order valence-corrected chi connectivity index (χ3v) is 5.35. The first-order valence-electron chi connectivity index (χ1n) is 8.48. The Morgan fingerprint density at radius 3 is 1.84 bits per heavy atom. The Kier molecular flexibility index (Phi) is 8.05. The largest absolute Gasteiger partial charge is 0.399 e. The molecule has 0 amide bonds. The summed E-state index contributed by atoms with van der Waals surface area (Å²) < 4.78 is 91.8. The van der Waals surface area contributed by atoms with Crippen molar-refractivity contribution in [3.63, 3.8) is 0 Å². The molecular formula is C20H12Cl3F7O. The Morgan fingerprint density at radius 2 is 1.39 bits per heavy atom. The molecule has 2 rings (SSSR count). The Bertz CT molecular complexity index is 957. The Balaban J connectivity index is 2.31. The Labute approximate surface area is 187 Å². The predicted molar refractivity (Wildman–Crippen MR) is 105 cm³/mol. The van der Waals surface area contributed by atoms with E-state index in [-0.39, 0.29) is 26.2 Å². The molecule has 1 atom stereocenters. The van der Waals surface area contributed by atoms with Crippen LogP contribution in [0.5, 0.6) is 0 Å². The van der Waals surface area contributed by atoms with Crippen LogP contribution in [-0.4, -0.2) is 18.1 Å². The van der Waals surface area contributed by atoms with E-state index >= 15 is 0 Å². The van der Waals surface area contributed by atoms with Crippen molar-refractivity contribution >= 4 is 46.4 Å². The first-order chi connectivity index (χ1) is 14.2. The van der Waals surface area contributed by atoms with Crippen LogP contribution in [0.25, 0.3) is 5.83 Å². The van der Waals surface area contributed by atoms with Gasteiger partial charge in [-0.05, 0) is 23.8 Å². The molecule has 11 heteroatoms. The molecule has 1 unspecified atom stereocenters. The van der Waals surface area contributed by atoms with Crippen LogP contribution in [0.3, 0.4) is 0 Å². The van der Waals surface area contributed by atoms with Crippen molar-refractivity contribution in [2.24, 2.45) is 0 Å². The zero-order valence-corrected chi connectivity index (χ0v) is 17.5. The molecule has 31 heavy (non-hydrogen) atoms. The fourth-order valence-electron chi connectivity index (χ4n) is 2.59. The molecule has 0 aliphatic rings. The molecule has 0 bridgehead atoms. The molecule has 0 heterocycles. The number of allylic oxidation sites excluding steroid dienone is 1. The maximum absolute atomic E-state index is 14.6.